The lowest BCUT2D eigenvalue weighted by molar-refractivity contribution is -0.139. The quantitative estimate of drug-likeness (QED) is 0.0251. The smallest absolute Gasteiger partial charge is 0.462 e. The van der Waals surface area contributed by atoms with Gasteiger partial charge >= 0.3 is 41.2 Å². The van der Waals surface area contributed by atoms with Crippen molar-refractivity contribution in [1.29, 1.82) is 0 Å². The Hall–Kier alpha value is 1.98. The van der Waals surface area contributed by atoms with E-state index in [-0.39, 0.29) is 6.61 Å². The Balaban J connectivity index is 8.52. The number of hydrogen-bond acceptors (Lipinski definition) is 14. The molecule has 0 fully saturated rings. The number of esters is 1. The van der Waals surface area contributed by atoms with Crippen molar-refractivity contribution in [3.05, 3.63) is 12.2 Å². The van der Waals surface area contributed by atoms with Crippen LogP contribution >= 0.6 is 0 Å². The lowest BCUT2D eigenvalue weighted by Gasteiger charge is -2.48. The topological polar surface area (TPSA) is 137 Å². The third-order valence-electron chi connectivity index (χ3n) is 9.76. The summed E-state index contributed by atoms with van der Waals surface area (Å²) in [6.45, 7) is 79.4. The van der Waals surface area contributed by atoms with E-state index in [1.165, 1.54) is 0 Å². The molecule has 0 saturated carbocycles. The summed E-state index contributed by atoms with van der Waals surface area (Å²) in [5.74, 6) is -0.421. The molecule has 29 heteroatoms. The van der Waals surface area contributed by atoms with E-state index in [0.717, 1.165) is 0 Å². The van der Waals surface area contributed by atoms with Gasteiger partial charge in [-0.05, 0) is 249 Å². The van der Waals surface area contributed by atoms with Gasteiger partial charge in [0, 0.05) is 29.7 Å². The van der Waals surface area contributed by atoms with Gasteiger partial charge in [0.15, 0.2) is 91.5 Å². The average molecular weight is 1330 g/mol. The predicted octanol–water partition coefficient (Wildman–Crippen LogP) is 16.5. The van der Waals surface area contributed by atoms with Gasteiger partial charge in [-0.2, -0.15) is 0 Å². The maximum absolute atomic E-state index is 12.9. The van der Waals surface area contributed by atoms with Gasteiger partial charge in [-0.25, -0.2) is 4.79 Å². The summed E-state index contributed by atoms with van der Waals surface area (Å²) in [6.07, 6.45) is 1.05. The maximum Gasteiger partial charge on any atom is 0.480 e. The fraction of sp³-hybridized carbons (Fsp3) is 0.936. The van der Waals surface area contributed by atoms with Crippen molar-refractivity contribution in [3.8, 4) is 0 Å². The van der Waals surface area contributed by atoms with Crippen LogP contribution in [0.4, 0.5) is 0 Å². The Morgan fingerprint density at radius 3 is 0.803 bits per heavy atom. The molecule has 0 amide bonds. The monoisotopic (exact) mass is 1330 g/mol. The average Bonchev–Trinajstić information content (AvgIpc) is 3.03. The number of rotatable bonds is 38. The van der Waals surface area contributed by atoms with E-state index < -0.39 is 138 Å². The molecule has 76 heavy (non-hydrogen) atoms. The molecule has 0 bridgehead atoms. The molecule has 0 radical (unpaired) electrons. The molecule has 0 N–H and O–H groups in total. The molecule has 0 aromatic heterocycles. The van der Waals surface area contributed by atoms with Crippen molar-refractivity contribution in [1.82, 2.24) is 0 Å². The van der Waals surface area contributed by atoms with Gasteiger partial charge in [0.1, 0.15) is 0 Å². The summed E-state index contributed by atoms with van der Waals surface area (Å²) in [5, 5.41) is 0. The Bertz CT molecular complexity index is 1510. The Labute approximate surface area is 485 Å². The van der Waals surface area contributed by atoms with E-state index >= 15 is 0 Å². The van der Waals surface area contributed by atoms with Crippen LogP contribution in [0.2, 0.25) is 239 Å². The Morgan fingerprint density at radius 2 is 0.579 bits per heavy atom. The second-order valence-electron chi connectivity index (χ2n) is 31.8. The SMILES string of the molecule is C=C(C)C(=O)OCCC[Si](OC(C)(C)CC[Si](O[Si](C)(C)C)(O[Si](C)(C)C)O[Si](C)(C)C)(O[Si](C)(C)CC[Si](O[Si](C)(C)C)(O[Si](C)(C)C)O[Si](C)(C)C)O[Si](C)(C)CC[Si](O[Si](C)(C)C)(O[Si](C)(C)C)O[Si](C)(C)C. The van der Waals surface area contributed by atoms with Crippen molar-refractivity contribution in [2.75, 3.05) is 6.61 Å². The molecule has 0 aromatic rings. The van der Waals surface area contributed by atoms with Crippen LogP contribution in [-0.4, -0.2) is 145 Å². The molecule has 0 heterocycles. The van der Waals surface area contributed by atoms with Crippen LogP contribution in [-0.2, 0) is 59.2 Å². The predicted molar refractivity (Wildman–Crippen MR) is 359 cm³/mol. The number of carbonyl (C=O) groups is 1. The summed E-state index contributed by atoms with van der Waals surface area (Å²) in [5.41, 5.74) is -0.446. The summed E-state index contributed by atoms with van der Waals surface area (Å²) in [6, 6.07) is 3.67. The standard InChI is InChI=1S/C47H122O14Si15/c1-45(2)46(48)49-38-36-39-73(50-47(3,4)37-40-74(51-62(5,6)7,52-63(8,9)10)53-64(11,12)13,60-71(32,33)41-43-75(54-65(14,15)16,55-66(17,18)19)56-67(20,21)22)61-72(34,35)42-44-76(57-68(23,24)25,58-69(26,27)28)59-70(29,30)31/h1,36-44H2,2-35H3. The van der Waals surface area contributed by atoms with Crippen molar-refractivity contribution in [2.45, 2.75) is 278 Å². The molecule has 0 atom stereocenters. The second-order valence-corrected chi connectivity index (χ2v) is 94.5. The fourth-order valence-corrected chi connectivity index (χ4v) is 69.6. The highest BCUT2D eigenvalue weighted by Crippen LogP contribution is 2.41. The van der Waals surface area contributed by atoms with Crippen LogP contribution in [0.25, 0.3) is 0 Å². The Kier molecular flexibility index (Phi) is 28.7. The second kappa shape index (κ2) is 28.0. The van der Waals surface area contributed by atoms with Crippen LogP contribution in [0, 0.1) is 0 Å². The zero-order valence-electron chi connectivity index (χ0n) is 55.8. The highest BCUT2D eigenvalue weighted by molar-refractivity contribution is 6.94. The van der Waals surface area contributed by atoms with E-state index in [2.05, 4.69) is 223 Å². The lowest BCUT2D eigenvalue weighted by atomic mass is 10.1. The number of carbonyl (C=O) groups excluding carboxylic acids is 1. The zero-order chi connectivity index (χ0) is 60.7. The van der Waals surface area contributed by atoms with E-state index in [4.69, 9.17) is 54.4 Å². The first-order valence-corrected chi connectivity index (χ1v) is 72.8. The minimum absolute atomic E-state index is 0.164. The molecule has 0 aromatic carbocycles. The van der Waals surface area contributed by atoms with Crippen LogP contribution in [0.1, 0.15) is 33.6 Å². The largest absolute Gasteiger partial charge is 0.480 e. The molecule has 0 saturated heterocycles. The van der Waals surface area contributed by atoms with Crippen molar-refractivity contribution >= 4 is 133 Å². The first kappa shape index (κ1) is 78.0. The molecular formula is C47H122O14Si15. The van der Waals surface area contributed by atoms with Crippen LogP contribution in [0.5, 0.6) is 0 Å². The van der Waals surface area contributed by atoms with Gasteiger partial charge in [0.2, 0.25) is 0 Å². The summed E-state index contributed by atoms with van der Waals surface area (Å²) >= 11 is 0. The molecule has 0 aliphatic rings. The lowest BCUT2D eigenvalue weighted by Crippen LogP contribution is -2.64. The first-order valence-electron chi connectivity index (χ1n) is 28.2. The summed E-state index contributed by atoms with van der Waals surface area (Å²) in [7, 11) is -38.9. The minimum Gasteiger partial charge on any atom is -0.462 e. The van der Waals surface area contributed by atoms with Gasteiger partial charge in [0.05, 0.1) is 12.2 Å². The van der Waals surface area contributed by atoms with Gasteiger partial charge in [-0.3, -0.25) is 0 Å². The van der Waals surface area contributed by atoms with Crippen LogP contribution in [0.15, 0.2) is 12.2 Å². The van der Waals surface area contributed by atoms with Gasteiger partial charge in [-0.15, -0.1) is 0 Å². The van der Waals surface area contributed by atoms with E-state index in [0.29, 0.717) is 54.7 Å². The first-order chi connectivity index (χ1) is 32.9. The molecular weight excluding hydrogens is 1210 g/mol. The summed E-state index contributed by atoms with van der Waals surface area (Å²) in [4.78, 5) is 12.9. The molecule has 14 nitrogen and oxygen atoms in total. The van der Waals surface area contributed by atoms with Gasteiger partial charge < -0.3 is 54.4 Å². The highest BCUT2D eigenvalue weighted by Gasteiger charge is 2.58. The molecule has 0 aliphatic heterocycles. The molecule has 0 aliphatic carbocycles. The fourth-order valence-electron chi connectivity index (χ4n) is 8.42. The summed E-state index contributed by atoms with van der Waals surface area (Å²) < 4.78 is 94.7. The third-order valence-corrected chi connectivity index (χ3v) is 58.2. The normalized spacial score (nSPS) is 15.4. The molecule has 0 unspecified atom stereocenters. The molecule has 0 spiro atoms. The Morgan fingerprint density at radius 1 is 0.342 bits per heavy atom. The third kappa shape index (κ3) is 37.3. The van der Waals surface area contributed by atoms with Crippen LogP contribution < -0.4 is 0 Å². The van der Waals surface area contributed by atoms with Crippen molar-refractivity contribution in [3.63, 3.8) is 0 Å². The highest BCUT2D eigenvalue weighted by atomic mass is 28.5. The molecule has 454 valence electrons. The van der Waals surface area contributed by atoms with E-state index in [1.807, 2.05) is 0 Å². The van der Waals surface area contributed by atoms with E-state index in [9.17, 15) is 4.79 Å². The van der Waals surface area contributed by atoms with E-state index in [1.54, 1.807) is 6.92 Å². The number of ether oxygens (including phenoxy) is 1. The van der Waals surface area contributed by atoms with Gasteiger partial charge in [0.25, 0.3) is 0 Å². The van der Waals surface area contributed by atoms with Crippen molar-refractivity contribution < 1.29 is 59.2 Å². The maximum atomic E-state index is 12.9. The number of hydrogen-bond donors (Lipinski definition) is 0. The minimum atomic E-state index is -3.84. The van der Waals surface area contributed by atoms with Crippen LogP contribution in [0.3, 0.4) is 0 Å². The van der Waals surface area contributed by atoms with Crippen molar-refractivity contribution in [2.24, 2.45) is 0 Å². The molecule has 0 rings (SSSR count). The zero-order valence-corrected chi connectivity index (χ0v) is 70.8. The van der Waals surface area contributed by atoms with Gasteiger partial charge in [-0.1, -0.05) is 6.58 Å².